The van der Waals surface area contributed by atoms with Crippen LogP contribution in [0.5, 0.6) is 5.75 Å². The molecule has 0 aliphatic heterocycles. The van der Waals surface area contributed by atoms with E-state index >= 15 is 0 Å². The number of benzene rings is 2. The minimum Gasteiger partial charge on any atom is -0.494 e. The van der Waals surface area contributed by atoms with Crippen molar-refractivity contribution in [1.82, 2.24) is 0 Å². The molecule has 16 heavy (non-hydrogen) atoms. The zero-order valence-corrected chi connectivity index (χ0v) is 9.23. The smallest absolute Gasteiger partial charge is 0.119 e. The van der Waals surface area contributed by atoms with Gasteiger partial charge in [0.05, 0.1) is 19.1 Å². The second-order valence-electron chi connectivity index (χ2n) is 3.57. The Balaban J connectivity index is 2.55. The quantitative estimate of drug-likeness (QED) is 0.780. The van der Waals surface area contributed by atoms with Gasteiger partial charge in [-0.3, -0.25) is 0 Å². The maximum absolute atomic E-state index is 8.77. The average Bonchev–Trinajstić information content (AvgIpc) is 2.31. The molecule has 0 spiro atoms. The van der Waals surface area contributed by atoms with Gasteiger partial charge in [0.1, 0.15) is 5.75 Å². The lowest BCUT2D eigenvalue weighted by molar-refractivity contribution is 0.340. The SMILES string of the molecule is CCOc1ccc2cccc(CC#N)c2c1. The Kier molecular flexibility index (Phi) is 3.07. The summed E-state index contributed by atoms with van der Waals surface area (Å²) in [7, 11) is 0. The van der Waals surface area contributed by atoms with Gasteiger partial charge in [0.15, 0.2) is 0 Å². The summed E-state index contributed by atoms with van der Waals surface area (Å²) in [5, 5.41) is 11.0. The lowest BCUT2D eigenvalue weighted by Crippen LogP contribution is -1.92. The van der Waals surface area contributed by atoms with Crippen LogP contribution < -0.4 is 4.74 Å². The summed E-state index contributed by atoms with van der Waals surface area (Å²) in [5.74, 6) is 0.861. The van der Waals surface area contributed by atoms with Crippen LogP contribution in [0.3, 0.4) is 0 Å². The second-order valence-corrected chi connectivity index (χ2v) is 3.57. The molecular weight excluding hydrogens is 198 g/mol. The molecule has 2 nitrogen and oxygen atoms in total. The first kappa shape index (κ1) is 10.5. The summed E-state index contributed by atoms with van der Waals surface area (Å²) in [4.78, 5) is 0. The van der Waals surface area contributed by atoms with E-state index in [0.29, 0.717) is 13.0 Å². The van der Waals surface area contributed by atoms with Crippen LogP contribution in [0.2, 0.25) is 0 Å². The van der Waals surface area contributed by atoms with Gasteiger partial charge in [0, 0.05) is 0 Å². The standard InChI is InChI=1S/C14H13NO/c1-2-16-13-7-6-11-4-3-5-12(8-9-15)14(11)10-13/h3-7,10H,2,8H2,1H3. The largest absolute Gasteiger partial charge is 0.494 e. The van der Waals surface area contributed by atoms with E-state index in [0.717, 1.165) is 22.1 Å². The summed E-state index contributed by atoms with van der Waals surface area (Å²) >= 11 is 0. The summed E-state index contributed by atoms with van der Waals surface area (Å²) in [6.45, 7) is 2.62. The van der Waals surface area contributed by atoms with Crippen molar-refractivity contribution in [2.75, 3.05) is 6.61 Å². The maximum Gasteiger partial charge on any atom is 0.119 e. The van der Waals surface area contributed by atoms with E-state index in [9.17, 15) is 0 Å². The molecule has 0 saturated heterocycles. The minimum absolute atomic E-state index is 0.437. The molecule has 0 amide bonds. The molecule has 0 bridgehead atoms. The average molecular weight is 211 g/mol. The van der Waals surface area contributed by atoms with Crippen molar-refractivity contribution in [3.63, 3.8) is 0 Å². The zero-order valence-electron chi connectivity index (χ0n) is 9.23. The predicted octanol–water partition coefficient (Wildman–Crippen LogP) is 3.30. The van der Waals surface area contributed by atoms with Crippen LogP contribution in [0.15, 0.2) is 36.4 Å². The van der Waals surface area contributed by atoms with E-state index in [4.69, 9.17) is 10.00 Å². The number of hydrogen-bond acceptors (Lipinski definition) is 2. The Labute approximate surface area is 95.1 Å². The van der Waals surface area contributed by atoms with Crippen molar-refractivity contribution < 1.29 is 4.74 Å². The molecule has 2 rings (SSSR count). The van der Waals surface area contributed by atoms with E-state index in [1.54, 1.807) is 0 Å². The van der Waals surface area contributed by atoms with Crippen molar-refractivity contribution >= 4 is 10.8 Å². The van der Waals surface area contributed by atoms with Gasteiger partial charge in [-0.1, -0.05) is 24.3 Å². The molecule has 0 aromatic heterocycles. The van der Waals surface area contributed by atoms with Crippen LogP contribution >= 0.6 is 0 Å². The molecule has 0 aliphatic rings. The van der Waals surface area contributed by atoms with Crippen molar-refractivity contribution in [3.05, 3.63) is 42.0 Å². The third-order valence-corrected chi connectivity index (χ3v) is 2.52. The molecule has 2 aromatic carbocycles. The first-order valence-corrected chi connectivity index (χ1v) is 5.36. The van der Waals surface area contributed by atoms with Crippen molar-refractivity contribution in [3.8, 4) is 11.8 Å². The fourth-order valence-corrected chi connectivity index (χ4v) is 1.81. The fraction of sp³-hybridized carbons (Fsp3) is 0.214. The van der Waals surface area contributed by atoms with Crippen molar-refractivity contribution in [2.24, 2.45) is 0 Å². The Morgan fingerprint density at radius 2 is 2.12 bits per heavy atom. The molecule has 0 fully saturated rings. The predicted molar refractivity (Wildman–Crippen MR) is 64.4 cm³/mol. The molecule has 0 atom stereocenters. The van der Waals surface area contributed by atoms with Crippen LogP contribution in [0.4, 0.5) is 0 Å². The Morgan fingerprint density at radius 1 is 1.25 bits per heavy atom. The molecule has 80 valence electrons. The summed E-state index contributed by atoms with van der Waals surface area (Å²) < 4.78 is 5.46. The van der Waals surface area contributed by atoms with Gasteiger partial charge in [-0.25, -0.2) is 0 Å². The van der Waals surface area contributed by atoms with E-state index in [1.807, 2.05) is 43.3 Å². The molecule has 2 heteroatoms. The maximum atomic E-state index is 8.77. The van der Waals surface area contributed by atoms with Crippen LogP contribution in [0.1, 0.15) is 12.5 Å². The first-order chi connectivity index (χ1) is 7.85. The summed E-state index contributed by atoms with van der Waals surface area (Å²) in [5.41, 5.74) is 1.06. The van der Waals surface area contributed by atoms with Crippen molar-refractivity contribution in [1.29, 1.82) is 5.26 Å². The topological polar surface area (TPSA) is 33.0 Å². The number of rotatable bonds is 3. The van der Waals surface area contributed by atoms with Gasteiger partial charge in [-0.05, 0) is 35.4 Å². The lowest BCUT2D eigenvalue weighted by Gasteiger charge is -2.07. The van der Waals surface area contributed by atoms with Crippen molar-refractivity contribution in [2.45, 2.75) is 13.3 Å². The van der Waals surface area contributed by atoms with Crippen LogP contribution in [-0.2, 0) is 6.42 Å². The van der Waals surface area contributed by atoms with E-state index < -0.39 is 0 Å². The molecule has 0 saturated carbocycles. The first-order valence-electron chi connectivity index (χ1n) is 5.36. The Hall–Kier alpha value is -2.01. The third kappa shape index (κ3) is 1.99. The molecule has 0 heterocycles. The minimum atomic E-state index is 0.437. The van der Waals surface area contributed by atoms with Gasteiger partial charge >= 0.3 is 0 Å². The van der Waals surface area contributed by atoms with E-state index in [-0.39, 0.29) is 0 Å². The van der Waals surface area contributed by atoms with Gasteiger partial charge < -0.3 is 4.74 Å². The number of nitriles is 1. The molecule has 0 radical (unpaired) electrons. The zero-order chi connectivity index (χ0) is 11.4. The highest BCUT2D eigenvalue weighted by Crippen LogP contribution is 2.24. The number of fused-ring (bicyclic) bond motifs is 1. The van der Waals surface area contributed by atoms with Gasteiger partial charge in [0.2, 0.25) is 0 Å². The van der Waals surface area contributed by atoms with Gasteiger partial charge in [-0.15, -0.1) is 0 Å². The second kappa shape index (κ2) is 4.67. The monoisotopic (exact) mass is 211 g/mol. The lowest BCUT2D eigenvalue weighted by atomic mass is 10.0. The third-order valence-electron chi connectivity index (χ3n) is 2.52. The van der Waals surface area contributed by atoms with Gasteiger partial charge in [-0.2, -0.15) is 5.26 Å². The molecule has 0 aliphatic carbocycles. The van der Waals surface area contributed by atoms with Crippen LogP contribution in [0.25, 0.3) is 10.8 Å². The van der Waals surface area contributed by atoms with Crippen LogP contribution in [-0.4, -0.2) is 6.61 Å². The summed E-state index contributed by atoms with van der Waals surface area (Å²) in [6, 6.07) is 14.2. The molecule has 2 aromatic rings. The molecule has 0 N–H and O–H groups in total. The number of nitrogens with zero attached hydrogens (tertiary/aromatic N) is 1. The van der Waals surface area contributed by atoms with Gasteiger partial charge in [0.25, 0.3) is 0 Å². The molecule has 0 unspecified atom stereocenters. The Morgan fingerprint density at radius 3 is 2.88 bits per heavy atom. The number of ether oxygens (including phenoxy) is 1. The Bertz CT molecular complexity index is 540. The highest BCUT2D eigenvalue weighted by Gasteiger charge is 2.02. The van der Waals surface area contributed by atoms with E-state index in [1.165, 1.54) is 0 Å². The highest BCUT2D eigenvalue weighted by molar-refractivity contribution is 5.87. The highest BCUT2D eigenvalue weighted by atomic mass is 16.5. The van der Waals surface area contributed by atoms with Crippen LogP contribution in [0, 0.1) is 11.3 Å². The summed E-state index contributed by atoms with van der Waals surface area (Å²) in [6.07, 6.45) is 0.437. The fourth-order valence-electron chi connectivity index (χ4n) is 1.81. The number of hydrogen-bond donors (Lipinski definition) is 0. The molecular formula is C14H13NO. The normalized spacial score (nSPS) is 10.0. The van der Waals surface area contributed by atoms with E-state index in [2.05, 4.69) is 6.07 Å².